The molecule has 0 bridgehead atoms. The van der Waals surface area contributed by atoms with E-state index in [9.17, 15) is 4.79 Å². The number of fused-ring (bicyclic) bond motifs is 1. The second-order valence-electron chi connectivity index (χ2n) is 7.98. The molecule has 0 unspecified atom stereocenters. The van der Waals surface area contributed by atoms with E-state index in [1.165, 1.54) is 0 Å². The van der Waals surface area contributed by atoms with Gasteiger partial charge in [0.25, 0.3) is 5.91 Å². The van der Waals surface area contributed by atoms with Crippen LogP contribution in [0.3, 0.4) is 0 Å². The standard InChI is InChI=1S/C22H28N4O/c1-14(2)26-15(3)12-18(16(26)4)22(27)25-11-7-8-17(13-25)21-23-19-9-5-6-10-20(19)24-21/h5-6,9-10,12,14,17H,7-8,11,13H2,1-4H3,(H,23,24)/t17-/m0/s1. The van der Waals surface area contributed by atoms with Crippen LogP contribution in [0, 0.1) is 13.8 Å². The topological polar surface area (TPSA) is 53.9 Å². The van der Waals surface area contributed by atoms with E-state index in [2.05, 4.69) is 43.3 Å². The number of imidazole rings is 1. The highest BCUT2D eigenvalue weighted by molar-refractivity contribution is 5.96. The van der Waals surface area contributed by atoms with Gasteiger partial charge >= 0.3 is 0 Å². The molecular formula is C22H28N4O. The van der Waals surface area contributed by atoms with Crippen molar-refractivity contribution in [1.29, 1.82) is 0 Å². The van der Waals surface area contributed by atoms with Crippen LogP contribution in [0.25, 0.3) is 11.0 Å². The van der Waals surface area contributed by atoms with Gasteiger partial charge in [0.15, 0.2) is 0 Å². The van der Waals surface area contributed by atoms with Crippen LogP contribution in [0.2, 0.25) is 0 Å². The van der Waals surface area contributed by atoms with Crippen molar-refractivity contribution in [2.45, 2.75) is 52.5 Å². The summed E-state index contributed by atoms with van der Waals surface area (Å²) in [5, 5.41) is 0. The lowest BCUT2D eigenvalue weighted by molar-refractivity contribution is 0.0704. The van der Waals surface area contributed by atoms with Crippen molar-refractivity contribution >= 4 is 16.9 Å². The molecule has 1 aliphatic heterocycles. The number of para-hydroxylation sites is 2. The lowest BCUT2D eigenvalue weighted by Gasteiger charge is -2.32. The summed E-state index contributed by atoms with van der Waals surface area (Å²) < 4.78 is 2.24. The molecule has 1 atom stereocenters. The molecule has 1 N–H and O–H groups in total. The number of rotatable bonds is 3. The van der Waals surface area contributed by atoms with Gasteiger partial charge in [-0.3, -0.25) is 4.79 Å². The largest absolute Gasteiger partial charge is 0.346 e. The van der Waals surface area contributed by atoms with Crippen molar-refractivity contribution < 1.29 is 4.79 Å². The number of likely N-dealkylation sites (tertiary alicyclic amines) is 1. The fourth-order valence-electron chi connectivity index (χ4n) is 4.51. The molecule has 0 aliphatic carbocycles. The van der Waals surface area contributed by atoms with Gasteiger partial charge in [0.1, 0.15) is 5.82 Å². The van der Waals surface area contributed by atoms with Crippen LogP contribution >= 0.6 is 0 Å². The first-order chi connectivity index (χ1) is 13.0. The molecule has 1 aromatic carbocycles. The summed E-state index contributed by atoms with van der Waals surface area (Å²) in [6.07, 6.45) is 2.07. The van der Waals surface area contributed by atoms with Crippen LogP contribution in [0.5, 0.6) is 0 Å². The van der Waals surface area contributed by atoms with Gasteiger partial charge in [0.05, 0.1) is 16.6 Å². The molecular weight excluding hydrogens is 336 g/mol. The highest BCUT2D eigenvalue weighted by Crippen LogP contribution is 2.29. The van der Waals surface area contributed by atoms with Gasteiger partial charge in [0, 0.05) is 36.4 Å². The van der Waals surface area contributed by atoms with E-state index in [0.29, 0.717) is 6.04 Å². The summed E-state index contributed by atoms with van der Waals surface area (Å²) in [6, 6.07) is 10.5. The molecule has 0 radical (unpaired) electrons. The van der Waals surface area contributed by atoms with Gasteiger partial charge < -0.3 is 14.5 Å². The summed E-state index contributed by atoms with van der Waals surface area (Å²) >= 11 is 0. The minimum Gasteiger partial charge on any atom is -0.346 e. The van der Waals surface area contributed by atoms with Crippen LogP contribution < -0.4 is 0 Å². The minimum absolute atomic E-state index is 0.149. The van der Waals surface area contributed by atoms with Crippen LogP contribution in [0.1, 0.15) is 66.2 Å². The number of nitrogens with zero attached hydrogens (tertiary/aromatic N) is 3. The average molecular weight is 364 g/mol. The van der Waals surface area contributed by atoms with E-state index >= 15 is 0 Å². The Kier molecular flexibility index (Phi) is 4.54. The van der Waals surface area contributed by atoms with E-state index in [4.69, 9.17) is 4.98 Å². The maximum absolute atomic E-state index is 13.2. The summed E-state index contributed by atoms with van der Waals surface area (Å²) in [6.45, 7) is 10.0. The zero-order valence-corrected chi connectivity index (χ0v) is 16.6. The van der Waals surface area contributed by atoms with Gasteiger partial charge in [-0.1, -0.05) is 12.1 Å². The summed E-state index contributed by atoms with van der Waals surface area (Å²) in [5.74, 6) is 1.42. The van der Waals surface area contributed by atoms with Crippen molar-refractivity contribution in [3.63, 3.8) is 0 Å². The van der Waals surface area contributed by atoms with Gasteiger partial charge in [-0.2, -0.15) is 0 Å². The molecule has 0 spiro atoms. The predicted molar refractivity (Wildman–Crippen MR) is 108 cm³/mol. The number of aromatic nitrogens is 3. The van der Waals surface area contributed by atoms with E-state index in [1.807, 2.05) is 29.2 Å². The number of amides is 1. The Balaban J connectivity index is 1.58. The van der Waals surface area contributed by atoms with E-state index in [0.717, 1.165) is 59.7 Å². The number of aryl methyl sites for hydroxylation is 1. The van der Waals surface area contributed by atoms with E-state index in [1.54, 1.807) is 0 Å². The molecule has 1 fully saturated rings. The first kappa shape index (κ1) is 17.8. The molecule has 0 saturated carbocycles. The molecule has 3 aromatic rings. The van der Waals surface area contributed by atoms with E-state index in [-0.39, 0.29) is 11.8 Å². The smallest absolute Gasteiger partial charge is 0.255 e. The van der Waals surface area contributed by atoms with Gasteiger partial charge in [-0.15, -0.1) is 0 Å². The Hall–Kier alpha value is -2.56. The third kappa shape index (κ3) is 3.15. The Morgan fingerprint density at radius 2 is 2.04 bits per heavy atom. The average Bonchev–Trinajstić information content (AvgIpc) is 3.22. The number of hydrogen-bond acceptors (Lipinski definition) is 2. The maximum Gasteiger partial charge on any atom is 0.255 e. The lowest BCUT2D eigenvalue weighted by Crippen LogP contribution is -2.39. The van der Waals surface area contributed by atoms with Crippen LogP contribution in [-0.2, 0) is 0 Å². The van der Waals surface area contributed by atoms with Gasteiger partial charge in [0.2, 0.25) is 0 Å². The van der Waals surface area contributed by atoms with Crippen LogP contribution in [0.4, 0.5) is 0 Å². The number of H-pyrrole nitrogens is 1. The number of aromatic amines is 1. The third-order valence-electron chi connectivity index (χ3n) is 5.73. The van der Waals surface area contributed by atoms with E-state index < -0.39 is 0 Å². The number of benzene rings is 1. The number of hydrogen-bond donors (Lipinski definition) is 1. The van der Waals surface area contributed by atoms with Crippen molar-refractivity contribution in [1.82, 2.24) is 19.4 Å². The zero-order valence-electron chi connectivity index (χ0n) is 16.6. The lowest BCUT2D eigenvalue weighted by atomic mass is 9.96. The third-order valence-corrected chi connectivity index (χ3v) is 5.73. The molecule has 1 saturated heterocycles. The van der Waals surface area contributed by atoms with Gasteiger partial charge in [-0.05, 0) is 58.7 Å². The Bertz CT molecular complexity index is 949. The minimum atomic E-state index is 0.149. The fraction of sp³-hybridized carbons (Fsp3) is 0.455. The molecule has 1 aliphatic rings. The fourth-order valence-corrected chi connectivity index (χ4v) is 4.51. The molecule has 2 aromatic heterocycles. The Morgan fingerprint density at radius 1 is 1.26 bits per heavy atom. The Labute approximate surface area is 160 Å². The van der Waals surface area contributed by atoms with Crippen molar-refractivity contribution in [2.24, 2.45) is 0 Å². The molecule has 27 heavy (non-hydrogen) atoms. The molecule has 3 heterocycles. The number of nitrogens with one attached hydrogen (secondary N) is 1. The number of piperidine rings is 1. The highest BCUT2D eigenvalue weighted by atomic mass is 16.2. The molecule has 5 heteroatoms. The highest BCUT2D eigenvalue weighted by Gasteiger charge is 2.29. The monoisotopic (exact) mass is 364 g/mol. The normalized spacial score (nSPS) is 17.8. The van der Waals surface area contributed by atoms with Crippen LogP contribution in [0.15, 0.2) is 30.3 Å². The molecule has 1 amide bonds. The molecule has 142 valence electrons. The van der Waals surface area contributed by atoms with Crippen LogP contribution in [-0.4, -0.2) is 38.4 Å². The first-order valence-electron chi connectivity index (χ1n) is 9.88. The second-order valence-corrected chi connectivity index (χ2v) is 7.98. The summed E-state index contributed by atoms with van der Waals surface area (Å²) in [4.78, 5) is 23.5. The van der Waals surface area contributed by atoms with Gasteiger partial charge in [-0.25, -0.2) is 4.98 Å². The zero-order chi connectivity index (χ0) is 19.1. The Morgan fingerprint density at radius 3 is 2.74 bits per heavy atom. The predicted octanol–water partition coefficient (Wildman–Crippen LogP) is 4.58. The molecule has 4 rings (SSSR count). The second kappa shape index (κ2) is 6.87. The first-order valence-corrected chi connectivity index (χ1v) is 9.88. The van der Waals surface area contributed by atoms with Crippen molar-refractivity contribution in [2.75, 3.05) is 13.1 Å². The van der Waals surface area contributed by atoms with Crippen molar-refractivity contribution in [3.8, 4) is 0 Å². The summed E-state index contributed by atoms with van der Waals surface area (Å²) in [5.41, 5.74) is 5.12. The quantitative estimate of drug-likeness (QED) is 0.739. The summed E-state index contributed by atoms with van der Waals surface area (Å²) in [7, 11) is 0. The number of carbonyl (C=O) groups is 1. The SMILES string of the molecule is Cc1cc(C(=O)N2CCC[C@H](c3nc4ccccc4[nH]3)C2)c(C)n1C(C)C. The maximum atomic E-state index is 13.2. The number of carbonyl (C=O) groups excluding carboxylic acids is 1. The van der Waals surface area contributed by atoms with Crippen molar-refractivity contribution in [3.05, 3.63) is 53.1 Å². The molecule has 5 nitrogen and oxygen atoms in total.